The highest BCUT2D eigenvalue weighted by atomic mass is 35.5. The molecule has 21 heavy (non-hydrogen) atoms. The molecule has 0 bridgehead atoms. The molecule has 0 heterocycles. The van der Waals surface area contributed by atoms with Gasteiger partial charge in [0.25, 0.3) is 0 Å². The maximum atomic E-state index is 13.6. The first kappa shape index (κ1) is 16.2. The summed E-state index contributed by atoms with van der Waals surface area (Å²) in [6.45, 7) is 0.238. The third-order valence-corrected chi connectivity index (χ3v) is 4.20. The molecular formula is C15H21ClFN3O. The lowest BCUT2D eigenvalue weighted by atomic mass is 9.91. The number of carbonyl (C=O) groups excluding carboxylic acids is 1. The van der Waals surface area contributed by atoms with Crippen molar-refractivity contribution in [3.05, 3.63) is 29.0 Å². The Bertz CT molecular complexity index is 504. The highest BCUT2D eigenvalue weighted by Gasteiger charge is 2.23. The minimum Gasteiger partial charge on any atom is -0.328 e. The van der Waals surface area contributed by atoms with E-state index in [0.717, 1.165) is 25.7 Å². The molecule has 1 amide bonds. The van der Waals surface area contributed by atoms with Crippen LogP contribution in [0.15, 0.2) is 18.2 Å². The highest BCUT2D eigenvalue weighted by molar-refractivity contribution is 6.30. The molecule has 1 aliphatic rings. The fourth-order valence-corrected chi connectivity index (χ4v) is 2.84. The lowest BCUT2D eigenvalue weighted by molar-refractivity contribution is -0.117. The third-order valence-electron chi connectivity index (χ3n) is 3.96. The molecule has 0 radical (unpaired) electrons. The van der Waals surface area contributed by atoms with Crippen molar-refractivity contribution in [1.29, 1.82) is 0 Å². The lowest BCUT2D eigenvalue weighted by Crippen LogP contribution is -2.42. The summed E-state index contributed by atoms with van der Waals surface area (Å²) in [6.07, 6.45) is 3.98. The first-order valence-electron chi connectivity index (χ1n) is 7.16. The van der Waals surface area contributed by atoms with Crippen LogP contribution >= 0.6 is 11.6 Å². The van der Waals surface area contributed by atoms with Gasteiger partial charge in [-0.15, -0.1) is 0 Å². The maximum Gasteiger partial charge on any atom is 0.238 e. The summed E-state index contributed by atoms with van der Waals surface area (Å²) in [5, 5.41) is 2.88. The van der Waals surface area contributed by atoms with E-state index in [0.29, 0.717) is 11.1 Å². The molecule has 1 fully saturated rings. The van der Waals surface area contributed by atoms with Gasteiger partial charge >= 0.3 is 0 Å². The quantitative estimate of drug-likeness (QED) is 0.898. The Morgan fingerprint density at radius 1 is 1.43 bits per heavy atom. The second kappa shape index (κ2) is 7.20. The average molecular weight is 314 g/mol. The van der Waals surface area contributed by atoms with Crippen molar-refractivity contribution in [2.45, 2.75) is 37.8 Å². The summed E-state index contributed by atoms with van der Waals surface area (Å²) < 4.78 is 13.6. The molecule has 2 rings (SSSR count). The number of hydrogen-bond donors (Lipinski definition) is 2. The predicted molar refractivity (Wildman–Crippen MR) is 82.9 cm³/mol. The molecule has 0 unspecified atom stereocenters. The van der Waals surface area contributed by atoms with E-state index in [1.165, 1.54) is 12.1 Å². The molecule has 1 aromatic rings. The van der Waals surface area contributed by atoms with E-state index in [-0.39, 0.29) is 24.2 Å². The maximum absolute atomic E-state index is 13.6. The molecule has 4 nitrogen and oxygen atoms in total. The van der Waals surface area contributed by atoms with Gasteiger partial charge in [0.15, 0.2) is 0 Å². The van der Waals surface area contributed by atoms with E-state index >= 15 is 0 Å². The van der Waals surface area contributed by atoms with Crippen LogP contribution in [0.4, 0.5) is 10.1 Å². The number of amides is 1. The van der Waals surface area contributed by atoms with Crippen LogP contribution < -0.4 is 11.1 Å². The van der Waals surface area contributed by atoms with E-state index < -0.39 is 5.82 Å². The summed E-state index contributed by atoms with van der Waals surface area (Å²) >= 11 is 5.68. The van der Waals surface area contributed by atoms with Crippen LogP contribution in [-0.4, -0.2) is 36.5 Å². The van der Waals surface area contributed by atoms with Crippen LogP contribution in [0.3, 0.4) is 0 Å². The van der Waals surface area contributed by atoms with Crippen LogP contribution in [0.1, 0.15) is 25.7 Å². The lowest BCUT2D eigenvalue weighted by Gasteiger charge is -2.33. The van der Waals surface area contributed by atoms with Crippen LogP contribution in [0.2, 0.25) is 5.02 Å². The molecule has 116 valence electrons. The fourth-order valence-electron chi connectivity index (χ4n) is 2.68. The number of nitrogens with two attached hydrogens (primary N) is 1. The second-order valence-corrected chi connectivity index (χ2v) is 6.09. The van der Waals surface area contributed by atoms with Crippen LogP contribution in [0.5, 0.6) is 0 Å². The largest absolute Gasteiger partial charge is 0.328 e. The summed E-state index contributed by atoms with van der Waals surface area (Å²) in [5.74, 6) is -0.754. The van der Waals surface area contributed by atoms with Gasteiger partial charge in [-0.25, -0.2) is 4.39 Å². The molecule has 0 spiro atoms. The van der Waals surface area contributed by atoms with E-state index in [9.17, 15) is 9.18 Å². The van der Waals surface area contributed by atoms with Gasteiger partial charge in [0, 0.05) is 17.1 Å². The number of rotatable bonds is 4. The van der Waals surface area contributed by atoms with Crippen molar-refractivity contribution in [1.82, 2.24) is 4.90 Å². The second-order valence-electron chi connectivity index (χ2n) is 5.66. The Morgan fingerprint density at radius 3 is 2.71 bits per heavy atom. The Morgan fingerprint density at radius 2 is 2.10 bits per heavy atom. The summed E-state index contributed by atoms with van der Waals surface area (Å²) in [4.78, 5) is 14.0. The number of nitrogens with one attached hydrogen (secondary N) is 1. The standard InChI is InChI=1S/C15H21ClFN3O/c1-20(12-5-3-11(18)4-6-12)9-15(21)19-14-7-2-10(16)8-13(14)17/h2,7-8,11-12H,3-6,9,18H2,1H3,(H,19,21). The molecule has 1 saturated carbocycles. The molecule has 0 aliphatic heterocycles. The Hall–Kier alpha value is -1.17. The predicted octanol–water partition coefficient (Wildman–Crippen LogP) is 2.62. The van der Waals surface area contributed by atoms with Crippen molar-refractivity contribution in [2.24, 2.45) is 5.73 Å². The first-order valence-corrected chi connectivity index (χ1v) is 7.54. The minimum absolute atomic E-state index is 0.156. The first-order chi connectivity index (χ1) is 9.95. The summed E-state index contributed by atoms with van der Waals surface area (Å²) in [5.41, 5.74) is 6.04. The monoisotopic (exact) mass is 313 g/mol. The summed E-state index contributed by atoms with van der Waals surface area (Å²) in [6, 6.07) is 4.85. The van der Waals surface area contributed by atoms with Crippen molar-refractivity contribution >= 4 is 23.2 Å². The minimum atomic E-state index is -0.526. The highest BCUT2D eigenvalue weighted by Crippen LogP contribution is 2.22. The molecule has 0 atom stereocenters. The van der Waals surface area contributed by atoms with E-state index in [1.807, 2.05) is 11.9 Å². The van der Waals surface area contributed by atoms with Gasteiger partial charge in [-0.2, -0.15) is 0 Å². The van der Waals surface area contributed by atoms with Crippen molar-refractivity contribution in [2.75, 3.05) is 18.9 Å². The Labute approximate surface area is 129 Å². The topological polar surface area (TPSA) is 58.4 Å². The van der Waals surface area contributed by atoms with E-state index in [4.69, 9.17) is 17.3 Å². The molecule has 6 heteroatoms. The van der Waals surface area contributed by atoms with Crippen LogP contribution in [0.25, 0.3) is 0 Å². The van der Waals surface area contributed by atoms with Gasteiger partial charge in [0.1, 0.15) is 5.82 Å². The fraction of sp³-hybridized carbons (Fsp3) is 0.533. The Kier molecular flexibility index (Phi) is 5.56. The van der Waals surface area contributed by atoms with Crippen molar-refractivity contribution in [3.63, 3.8) is 0 Å². The molecule has 0 aromatic heterocycles. The molecule has 1 aliphatic carbocycles. The van der Waals surface area contributed by atoms with E-state index in [1.54, 1.807) is 6.07 Å². The van der Waals surface area contributed by atoms with Gasteiger partial charge in [0.2, 0.25) is 5.91 Å². The molecule has 0 saturated heterocycles. The average Bonchev–Trinajstić information content (AvgIpc) is 2.42. The number of benzene rings is 1. The van der Waals surface area contributed by atoms with Crippen molar-refractivity contribution < 1.29 is 9.18 Å². The number of halogens is 2. The molecule has 1 aromatic carbocycles. The van der Waals surface area contributed by atoms with Gasteiger partial charge in [-0.05, 0) is 50.9 Å². The van der Waals surface area contributed by atoms with Gasteiger partial charge < -0.3 is 11.1 Å². The van der Waals surface area contributed by atoms with E-state index in [2.05, 4.69) is 5.32 Å². The van der Waals surface area contributed by atoms with Gasteiger partial charge in [0.05, 0.1) is 12.2 Å². The zero-order valence-corrected chi connectivity index (χ0v) is 12.9. The smallest absolute Gasteiger partial charge is 0.238 e. The Balaban J connectivity index is 1.86. The normalized spacial score (nSPS) is 22.3. The van der Waals surface area contributed by atoms with Crippen molar-refractivity contribution in [3.8, 4) is 0 Å². The zero-order chi connectivity index (χ0) is 15.4. The number of anilines is 1. The zero-order valence-electron chi connectivity index (χ0n) is 12.1. The van der Waals surface area contributed by atoms with Crippen LogP contribution in [-0.2, 0) is 4.79 Å². The number of likely N-dealkylation sites (N-methyl/N-ethyl adjacent to an activating group) is 1. The number of nitrogens with zero attached hydrogens (tertiary/aromatic N) is 1. The number of carbonyl (C=O) groups is 1. The molecular weight excluding hydrogens is 293 g/mol. The van der Waals surface area contributed by atoms with Gasteiger partial charge in [-0.1, -0.05) is 11.6 Å². The van der Waals surface area contributed by atoms with Gasteiger partial charge in [-0.3, -0.25) is 9.69 Å². The SMILES string of the molecule is CN(CC(=O)Nc1ccc(Cl)cc1F)C1CCC(N)CC1. The van der Waals surface area contributed by atoms with Crippen LogP contribution in [0, 0.1) is 5.82 Å². The number of hydrogen-bond acceptors (Lipinski definition) is 3. The third kappa shape index (κ3) is 4.66. The molecule has 3 N–H and O–H groups in total. The summed E-state index contributed by atoms with van der Waals surface area (Å²) in [7, 11) is 1.92.